The number of hydrogen-bond donors (Lipinski definition) is 0. The van der Waals surface area contributed by atoms with Crippen molar-refractivity contribution in [2.75, 3.05) is 0 Å². The van der Waals surface area contributed by atoms with Gasteiger partial charge >= 0.3 is 0 Å². The second-order valence-electron chi connectivity index (χ2n) is 15.8. The molecule has 3 heteroatoms. The molecule has 8 aromatic carbocycles. The van der Waals surface area contributed by atoms with Crippen molar-refractivity contribution < 1.29 is 4.42 Å². The Morgan fingerprint density at radius 2 is 1.24 bits per heavy atom. The number of furan rings is 1. The van der Waals surface area contributed by atoms with Crippen LogP contribution in [0.3, 0.4) is 0 Å². The molecule has 0 spiro atoms. The molecule has 10 aromatic rings. The van der Waals surface area contributed by atoms with Crippen LogP contribution < -0.4 is 0 Å². The Morgan fingerprint density at radius 1 is 0.581 bits per heavy atom. The Balaban J connectivity index is 1.06. The molecule has 11 rings (SSSR count). The van der Waals surface area contributed by atoms with E-state index >= 15 is 0 Å². The lowest BCUT2D eigenvalue weighted by Gasteiger charge is -2.16. The van der Waals surface area contributed by atoms with Crippen LogP contribution in [0.2, 0.25) is 0 Å². The number of benzene rings is 8. The normalized spacial score (nSPS) is 14.4. The van der Waals surface area contributed by atoms with E-state index in [2.05, 4.69) is 212 Å². The standard InChI is InChI=1S/C59H42N2O/c1-3-4-24-47(40-17-6-5-7-18-40)50-26-10-12-30-54(50)60-39(2)61-55-35-33-41-19-8-9-25-48(41)58(55)53-29-16-28-49(59(53)61)46-23-15-22-44(37-46)42-20-14-21-43(36-42)45-32-34-52-51-27-11-13-31-56(51)62-57(52)38-45/h4-38H,2-3H2,1H3/b24-4-,50-47+,60-54-. The molecule has 0 aliphatic heterocycles. The summed E-state index contributed by atoms with van der Waals surface area (Å²) in [6, 6.07) is 62.8. The first kappa shape index (κ1) is 37.0. The molecule has 0 radical (unpaired) electrons. The Morgan fingerprint density at radius 3 is 2.06 bits per heavy atom. The van der Waals surface area contributed by atoms with Crippen molar-refractivity contribution >= 4 is 71.6 Å². The van der Waals surface area contributed by atoms with E-state index in [-0.39, 0.29) is 0 Å². The van der Waals surface area contributed by atoms with Crippen LogP contribution in [0.1, 0.15) is 18.9 Å². The summed E-state index contributed by atoms with van der Waals surface area (Å²) in [6.07, 6.45) is 13.8. The first-order valence-electron chi connectivity index (χ1n) is 21.3. The van der Waals surface area contributed by atoms with Crippen molar-refractivity contribution in [3.8, 4) is 33.4 Å². The average Bonchev–Trinajstić information content (AvgIpc) is 3.88. The van der Waals surface area contributed by atoms with E-state index in [0.29, 0.717) is 5.82 Å². The zero-order chi connectivity index (χ0) is 41.6. The highest BCUT2D eigenvalue weighted by atomic mass is 16.3. The lowest BCUT2D eigenvalue weighted by atomic mass is 9.93. The number of rotatable bonds is 8. The van der Waals surface area contributed by atoms with Gasteiger partial charge in [0.15, 0.2) is 0 Å². The van der Waals surface area contributed by atoms with Gasteiger partial charge in [-0.15, -0.1) is 0 Å². The third kappa shape index (κ3) is 6.43. The van der Waals surface area contributed by atoms with Crippen molar-refractivity contribution in [3.05, 3.63) is 230 Å². The molecule has 1 aliphatic rings. The lowest BCUT2D eigenvalue weighted by molar-refractivity contribution is 0.669. The first-order chi connectivity index (χ1) is 30.6. The number of aliphatic imine (C=N–C) groups is 1. The van der Waals surface area contributed by atoms with Crippen molar-refractivity contribution in [2.45, 2.75) is 13.3 Å². The van der Waals surface area contributed by atoms with Gasteiger partial charge < -0.3 is 4.42 Å². The minimum atomic E-state index is 0.650. The average molecular weight is 795 g/mol. The summed E-state index contributed by atoms with van der Waals surface area (Å²) < 4.78 is 8.54. The quantitative estimate of drug-likeness (QED) is 0.151. The minimum Gasteiger partial charge on any atom is -0.456 e. The Labute approximate surface area is 360 Å². The fourth-order valence-electron chi connectivity index (χ4n) is 9.17. The number of aromatic nitrogens is 1. The molecule has 0 fully saturated rings. The van der Waals surface area contributed by atoms with Crippen LogP contribution in [0.5, 0.6) is 0 Å². The molecule has 2 aromatic heterocycles. The molecule has 2 heterocycles. The number of fused-ring (bicyclic) bond motifs is 8. The molecule has 0 saturated heterocycles. The number of para-hydroxylation sites is 2. The van der Waals surface area contributed by atoms with Gasteiger partial charge in [0.05, 0.1) is 16.7 Å². The molecular formula is C59H42N2O. The van der Waals surface area contributed by atoms with Gasteiger partial charge in [-0.3, -0.25) is 4.57 Å². The summed E-state index contributed by atoms with van der Waals surface area (Å²) in [4.78, 5) is 5.41. The maximum atomic E-state index is 6.26. The van der Waals surface area contributed by atoms with E-state index in [1.54, 1.807) is 0 Å². The number of hydrogen-bond acceptors (Lipinski definition) is 2. The van der Waals surface area contributed by atoms with E-state index in [1.165, 1.54) is 16.2 Å². The van der Waals surface area contributed by atoms with E-state index in [0.717, 1.165) is 101 Å². The Hall–Kier alpha value is -8.01. The molecule has 0 bridgehead atoms. The summed E-state index contributed by atoms with van der Waals surface area (Å²) in [6.45, 7) is 6.90. The highest BCUT2D eigenvalue weighted by Crippen LogP contribution is 2.42. The van der Waals surface area contributed by atoms with Crippen molar-refractivity contribution in [1.82, 2.24) is 4.57 Å². The Kier molecular flexibility index (Phi) is 9.28. The van der Waals surface area contributed by atoms with Crippen LogP contribution in [-0.2, 0) is 0 Å². The van der Waals surface area contributed by atoms with Gasteiger partial charge in [0.1, 0.15) is 17.0 Å². The smallest absolute Gasteiger partial charge is 0.136 e. The zero-order valence-electron chi connectivity index (χ0n) is 34.4. The second kappa shape index (κ2) is 15.5. The van der Waals surface area contributed by atoms with Gasteiger partial charge in [-0.05, 0) is 98.6 Å². The molecule has 0 saturated carbocycles. The Bertz CT molecular complexity index is 3570. The summed E-state index contributed by atoms with van der Waals surface area (Å²) >= 11 is 0. The highest BCUT2D eigenvalue weighted by molar-refractivity contribution is 6.24. The lowest BCUT2D eigenvalue weighted by Crippen LogP contribution is -2.06. The maximum absolute atomic E-state index is 6.26. The van der Waals surface area contributed by atoms with E-state index in [9.17, 15) is 0 Å². The van der Waals surface area contributed by atoms with E-state index < -0.39 is 0 Å². The highest BCUT2D eigenvalue weighted by Gasteiger charge is 2.21. The van der Waals surface area contributed by atoms with Crippen LogP contribution in [0.15, 0.2) is 234 Å². The van der Waals surface area contributed by atoms with Gasteiger partial charge in [-0.25, -0.2) is 4.99 Å². The van der Waals surface area contributed by atoms with Crippen LogP contribution >= 0.6 is 0 Å². The summed E-state index contributed by atoms with van der Waals surface area (Å²) in [5.41, 5.74) is 14.9. The molecule has 0 unspecified atom stereocenters. The first-order valence-corrected chi connectivity index (χ1v) is 21.3. The van der Waals surface area contributed by atoms with Gasteiger partial charge in [0, 0.05) is 32.7 Å². The van der Waals surface area contributed by atoms with E-state index in [4.69, 9.17) is 16.0 Å². The third-order valence-corrected chi connectivity index (χ3v) is 12.1. The van der Waals surface area contributed by atoms with Gasteiger partial charge in [0.25, 0.3) is 0 Å². The van der Waals surface area contributed by atoms with Crippen LogP contribution in [-0.4, -0.2) is 10.3 Å². The predicted octanol–water partition coefficient (Wildman–Crippen LogP) is 16.3. The fourth-order valence-corrected chi connectivity index (χ4v) is 9.17. The SMILES string of the molecule is C=C(/N=C1/C=CC=C/C1=C(/C=C\CC)c1ccccc1)n1c2ccc3ccccc3c2c2cccc(-c3cccc(-c4cccc(-c5ccc6c(c5)oc5ccccc56)c4)c3)c21. The van der Waals surface area contributed by atoms with Crippen LogP contribution in [0.25, 0.3) is 99.3 Å². The number of nitrogens with zero attached hydrogens (tertiary/aromatic N) is 2. The summed E-state index contributed by atoms with van der Waals surface area (Å²) in [5, 5.41) is 7.02. The molecule has 3 nitrogen and oxygen atoms in total. The largest absolute Gasteiger partial charge is 0.456 e. The van der Waals surface area contributed by atoms with Crippen molar-refractivity contribution in [3.63, 3.8) is 0 Å². The zero-order valence-corrected chi connectivity index (χ0v) is 34.4. The van der Waals surface area contributed by atoms with Gasteiger partial charge in [-0.2, -0.15) is 0 Å². The van der Waals surface area contributed by atoms with Crippen molar-refractivity contribution in [1.29, 1.82) is 0 Å². The molecule has 62 heavy (non-hydrogen) atoms. The molecule has 0 amide bonds. The van der Waals surface area contributed by atoms with Crippen molar-refractivity contribution in [2.24, 2.45) is 4.99 Å². The third-order valence-electron chi connectivity index (χ3n) is 12.1. The number of allylic oxidation sites excluding steroid dienone is 8. The topological polar surface area (TPSA) is 30.4 Å². The maximum Gasteiger partial charge on any atom is 0.136 e. The van der Waals surface area contributed by atoms with Gasteiger partial charge in [-0.1, -0.05) is 183 Å². The predicted molar refractivity (Wildman–Crippen MR) is 264 cm³/mol. The second-order valence-corrected chi connectivity index (χ2v) is 15.8. The molecular weight excluding hydrogens is 753 g/mol. The summed E-state index contributed by atoms with van der Waals surface area (Å²) in [7, 11) is 0. The molecule has 1 aliphatic carbocycles. The fraction of sp³-hybridized carbons (Fsp3) is 0.0339. The summed E-state index contributed by atoms with van der Waals surface area (Å²) in [5.74, 6) is 0.650. The van der Waals surface area contributed by atoms with Crippen LogP contribution in [0.4, 0.5) is 0 Å². The monoisotopic (exact) mass is 794 g/mol. The van der Waals surface area contributed by atoms with Crippen LogP contribution in [0, 0.1) is 0 Å². The molecule has 294 valence electrons. The van der Waals surface area contributed by atoms with E-state index in [1.807, 2.05) is 12.1 Å². The molecule has 0 atom stereocenters. The molecule has 0 N–H and O–H groups in total. The van der Waals surface area contributed by atoms with Gasteiger partial charge in [0.2, 0.25) is 0 Å². The minimum absolute atomic E-state index is 0.650.